The van der Waals surface area contributed by atoms with Gasteiger partial charge in [-0.05, 0) is 31.0 Å². The first-order chi connectivity index (χ1) is 12.6. The van der Waals surface area contributed by atoms with Crippen LogP contribution in [-0.4, -0.2) is 32.6 Å². The maximum Gasteiger partial charge on any atom is 0.348 e. The number of esters is 1. The van der Waals surface area contributed by atoms with Gasteiger partial charge in [-0.1, -0.05) is 31.0 Å². The minimum Gasteiger partial charge on any atom is -0.496 e. The van der Waals surface area contributed by atoms with Crippen LogP contribution in [0.4, 0.5) is 0 Å². The number of nitrogens with one attached hydrogen (secondary N) is 1. The molecule has 0 unspecified atom stereocenters. The minimum atomic E-state index is -0.421. The number of rotatable bonds is 6. The van der Waals surface area contributed by atoms with Gasteiger partial charge in [0.25, 0.3) is 5.91 Å². The van der Waals surface area contributed by atoms with Crippen LogP contribution in [0.5, 0.6) is 5.75 Å². The highest BCUT2D eigenvalue weighted by atomic mass is 32.1. The lowest BCUT2D eigenvalue weighted by atomic mass is 9.78. The Morgan fingerprint density at radius 2 is 1.77 bits per heavy atom. The Bertz CT molecular complexity index is 793. The predicted octanol–water partition coefficient (Wildman–Crippen LogP) is 3.79. The smallest absolute Gasteiger partial charge is 0.348 e. The zero-order valence-corrected chi connectivity index (χ0v) is 15.9. The van der Waals surface area contributed by atoms with Gasteiger partial charge in [0.1, 0.15) is 10.6 Å². The second kappa shape index (κ2) is 7.91. The first-order valence-electron chi connectivity index (χ1n) is 8.69. The van der Waals surface area contributed by atoms with Gasteiger partial charge in [0.05, 0.1) is 19.1 Å². The average molecular weight is 373 g/mol. The molecule has 6 heteroatoms. The fourth-order valence-corrected chi connectivity index (χ4v) is 4.52. The molecule has 1 N–H and O–H groups in total. The van der Waals surface area contributed by atoms with Gasteiger partial charge in [-0.15, -0.1) is 11.3 Å². The van der Waals surface area contributed by atoms with E-state index in [1.807, 2.05) is 18.2 Å². The standard InChI is InChI=1S/C20H23NO4S/c1-24-15-8-4-3-7-14(15)20(11-5-6-12-20)13-21-18(22)16-9-10-17(26-16)19(23)25-2/h3-4,7-10H,5-6,11-13H2,1-2H3,(H,21,22). The minimum absolute atomic E-state index is 0.106. The highest BCUT2D eigenvalue weighted by Crippen LogP contribution is 2.44. The fourth-order valence-electron chi connectivity index (χ4n) is 3.68. The molecule has 1 saturated carbocycles. The van der Waals surface area contributed by atoms with Gasteiger partial charge >= 0.3 is 5.97 Å². The molecule has 1 aromatic carbocycles. The Balaban J connectivity index is 1.76. The summed E-state index contributed by atoms with van der Waals surface area (Å²) < 4.78 is 10.3. The van der Waals surface area contributed by atoms with Crippen LogP contribution in [0.1, 0.15) is 50.6 Å². The molecular weight excluding hydrogens is 350 g/mol. The zero-order chi connectivity index (χ0) is 18.6. The number of amides is 1. The van der Waals surface area contributed by atoms with Gasteiger partial charge < -0.3 is 14.8 Å². The lowest BCUT2D eigenvalue weighted by Gasteiger charge is -2.31. The number of carbonyl (C=O) groups excluding carboxylic acids is 2. The SMILES string of the molecule is COC(=O)c1ccc(C(=O)NCC2(c3ccccc3OC)CCCC2)s1. The number of carbonyl (C=O) groups is 2. The molecule has 1 aliphatic carbocycles. The van der Waals surface area contributed by atoms with E-state index >= 15 is 0 Å². The highest BCUT2D eigenvalue weighted by molar-refractivity contribution is 7.15. The Labute approximate surface area is 157 Å². The molecule has 3 rings (SSSR count). The van der Waals surface area contributed by atoms with Crippen molar-refractivity contribution in [3.63, 3.8) is 0 Å². The number of methoxy groups -OCH3 is 2. The zero-order valence-electron chi connectivity index (χ0n) is 15.0. The number of para-hydroxylation sites is 1. The van der Waals surface area contributed by atoms with Crippen LogP contribution in [0.15, 0.2) is 36.4 Å². The summed E-state index contributed by atoms with van der Waals surface area (Å²) in [6, 6.07) is 11.3. The summed E-state index contributed by atoms with van der Waals surface area (Å²) in [6.07, 6.45) is 4.32. The molecule has 26 heavy (non-hydrogen) atoms. The van der Waals surface area contributed by atoms with Crippen LogP contribution in [0.3, 0.4) is 0 Å². The third-order valence-electron chi connectivity index (χ3n) is 5.04. The molecule has 0 radical (unpaired) electrons. The first-order valence-corrected chi connectivity index (χ1v) is 9.51. The number of ether oxygens (including phenoxy) is 2. The molecule has 138 valence electrons. The second-order valence-corrected chi connectivity index (χ2v) is 7.61. The molecule has 1 heterocycles. The van der Waals surface area contributed by atoms with Crippen molar-refractivity contribution >= 4 is 23.2 Å². The van der Waals surface area contributed by atoms with E-state index in [0.717, 1.165) is 48.3 Å². The summed E-state index contributed by atoms with van der Waals surface area (Å²) in [4.78, 5) is 25.1. The first kappa shape index (κ1) is 18.5. The van der Waals surface area contributed by atoms with Gasteiger partial charge in [-0.2, -0.15) is 0 Å². The normalized spacial score (nSPS) is 15.5. The van der Waals surface area contributed by atoms with Crippen molar-refractivity contribution in [1.29, 1.82) is 0 Å². The van der Waals surface area contributed by atoms with Gasteiger partial charge in [-0.25, -0.2) is 4.79 Å². The molecule has 1 aromatic heterocycles. The highest BCUT2D eigenvalue weighted by Gasteiger charge is 2.38. The van der Waals surface area contributed by atoms with Crippen LogP contribution in [0.25, 0.3) is 0 Å². The molecule has 1 aliphatic rings. The van der Waals surface area contributed by atoms with E-state index in [1.165, 1.54) is 7.11 Å². The van der Waals surface area contributed by atoms with Gasteiger partial charge in [0.15, 0.2) is 0 Å². The van der Waals surface area contributed by atoms with Gasteiger partial charge in [-0.3, -0.25) is 4.79 Å². The molecule has 1 amide bonds. The monoisotopic (exact) mass is 373 g/mol. The summed E-state index contributed by atoms with van der Waals surface area (Å²) in [7, 11) is 3.01. The summed E-state index contributed by atoms with van der Waals surface area (Å²) in [5, 5.41) is 3.07. The number of hydrogen-bond donors (Lipinski definition) is 1. The van der Waals surface area contributed by atoms with Crippen LogP contribution >= 0.6 is 11.3 Å². The summed E-state index contributed by atoms with van der Waals surface area (Å²) >= 11 is 1.15. The largest absolute Gasteiger partial charge is 0.496 e. The van der Waals surface area contributed by atoms with Crippen molar-refractivity contribution in [2.75, 3.05) is 20.8 Å². The van der Waals surface area contributed by atoms with E-state index in [0.29, 0.717) is 16.3 Å². The van der Waals surface area contributed by atoms with Crippen molar-refractivity contribution in [2.24, 2.45) is 0 Å². The Morgan fingerprint density at radius 1 is 1.08 bits per heavy atom. The molecule has 1 fully saturated rings. The number of thiophene rings is 1. The van der Waals surface area contributed by atoms with Crippen molar-refractivity contribution in [3.8, 4) is 5.75 Å². The summed E-state index contributed by atoms with van der Waals surface area (Å²) in [6.45, 7) is 0.553. The van der Waals surface area contributed by atoms with E-state index < -0.39 is 5.97 Å². The van der Waals surface area contributed by atoms with Crippen molar-refractivity contribution < 1.29 is 19.1 Å². The molecular formula is C20H23NO4S. The van der Waals surface area contributed by atoms with Gasteiger partial charge in [0, 0.05) is 17.5 Å². The van der Waals surface area contributed by atoms with E-state index in [1.54, 1.807) is 19.2 Å². The van der Waals surface area contributed by atoms with Crippen LogP contribution < -0.4 is 10.1 Å². The topological polar surface area (TPSA) is 64.6 Å². The molecule has 5 nitrogen and oxygen atoms in total. The Hall–Kier alpha value is -2.34. The quantitative estimate of drug-likeness (QED) is 0.783. The lowest BCUT2D eigenvalue weighted by Crippen LogP contribution is -2.39. The molecule has 0 atom stereocenters. The summed E-state index contributed by atoms with van der Waals surface area (Å²) in [5.74, 6) is 0.286. The van der Waals surface area contributed by atoms with Crippen LogP contribution in [0.2, 0.25) is 0 Å². The van der Waals surface area contributed by atoms with E-state index in [4.69, 9.17) is 9.47 Å². The van der Waals surface area contributed by atoms with Gasteiger partial charge in [0.2, 0.25) is 0 Å². The number of hydrogen-bond acceptors (Lipinski definition) is 5. The van der Waals surface area contributed by atoms with E-state index in [9.17, 15) is 9.59 Å². The Kier molecular flexibility index (Phi) is 5.61. The molecule has 0 bridgehead atoms. The van der Waals surface area contributed by atoms with E-state index in [-0.39, 0.29) is 11.3 Å². The van der Waals surface area contributed by atoms with Crippen molar-refractivity contribution in [3.05, 3.63) is 51.7 Å². The molecule has 0 aliphatic heterocycles. The van der Waals surface area contributed by atoms with E-state index in [2.05, 4.69) is 11.4 Å². The maximum atomic E-state index is 12.6. The van der Waals surface area contributed by atoms with Crippen LogP contribution in [-0.2, 0) is 10.2 Å². The summed E-state index contributed by atoms with van der Waals surface area (Å²) in [5.41, 5.74) is 1.05. The van der Waals surface area contributed by atoms with Crippen molar-refractivity contribution in [1.82, 2.24) is 5.32 Å². The second-order valence-electron chi connectivity index (χ2n) is 6.53. The third-order valence-corrected chi connectivity index (χ3v) is 6.11. The van der Waals surface area contributed by atoms with Crippen LogP contribution in [0, 0.1) is 0 Å². The maximum absolute atomic E-state index is 12.6. The fraction of sp³-hybridized carbons (Fsp3) is 0.400. The Morgan fingerprint density at radius 3 is 2.46 bits per heavy atom. The molecule has 0 saturated heterocycles. The average Bonchev–Trinajstić information content (AvgIpc) is 3.36. The lowest BCUT2D eigenvalue weighted by molar-refractivity contribution is 0.0606. The molecule has 2 aromatic rings. The predicted molar refractivity (Wildman–Crippen MR) is 101 cm³/mol. The molecule has 0 spiro atoms. The van der Waals surface area contributed by atoms with Crippen molar-refractivity contribution in [2.45, 2.75) is 31.1 Å². The third kappa shape index (κ3) is 3.60. The number of benzene rings is 1.